The molecule has 0 bridgehead atoms. The number of carboxylic acids is 1. The van der Waals surface area contributed by atoms with Crippen molar-refractivity contribution in [2.75, 3.05) is 5.32 Å². The largest absolute Gasteiger partial charge is 0.481 e. The fourth-order valence-electron chi connectivity index (χ4n) is 2.15. The summed E-state index contributed by atoms with van der Waals surface area (Å²) in [6.45, 7) is 0. The first-order valence-electron chi connectivity index (χ1n) is 6.02. The number of benzene rings is 1. The first-order valence-corrected chi connectivity index (χ1v) is 6.40. The Balaban J connectivity index is 2.08. The summed E-state index contributed by atoms with van der Waals surface area (Å²) >= 11 is 5.76. The molecule has 0 unspecified atom stereocenters. The Labute approximate surface area is 116 Å². The number of carbonyl (C=O) groups excluding carboxylic acids is 1. The molecule has 0 radical (unpaired) electrons. The summed E-state index contributed by atoms with van der Waals surface area (Å²) < 4.78 is 0. The molecule has 19 heavy (non-hydrogen) atoms. The molecule has 100 valence electrons. The zero-order valence-corrected chi connectivity index (χ0v) is 10.9. The van der Waals surface area contributed by atoms with Gasteiger partial charge in [-0.1, -0.05) is 23.8 Å². The maximum absolute atomic E-state index is 12.1. The van der Waals surface area contributed by atoms with Crippen LogP contribution in [-0.4, -0.2) is 17.0 Å². The van der Waals surface area contributed by atoms with E-state index in [9.17, 15) is 9.59 Å². The SMILES string of the molecule is O=C(O)[C@@H]1CC=CC[C@H]1C(=O)Nc1ccc(Cl)cc1. The standard InChI is InChI=1S/C14H14ClNO3/c15-9-5-7-10(8-6-9)16-13(17)11-3-1-2-4-12(11)14(18)19/h1-2,5-8,11-12H,3-4H2,(H,16,17)(H,18,19)/t11-,12-/m1/s1. The van der Waals surface area contributed by atoms with E-state index >= 15 is 0 Å². The molecule has 1 aliphatic carbocycles. The number of allylic oxidation sites excluding steroid dienone is 2. The van der Waals surface area contributed by atoms with Gasteiger partial charge in [0.05, 0.1) is 11.8 Å². The molecule has 0 saturated carbocycles. The van der Waals surface area contributed by atoms with Crippen LogP contribution in [0.2, 0.25) is 5.02 Å². The molecule has 0 fully saturated rings. The van der Waals surface area contributed by atoms with Gasteiger partial charge in [0.25, 0.3) is 0 Å². The molecule has 0 heterocycles. The van der Waals surface area contributed by atoms with Crippen molar-refractivity contribution in [1.29, 1.82) is 0 Å². The summed E-state index contributed by atoms with van der Waals surface area (Å²) in [6, 6.07) is 6.72. The molecule has 2 rings (SSSR count). The third-order valence-corrected chi connectivity index (χ3v) is 3.45. The van der Waals surface area contributed by atoms with E-state index < -0.39 is 17.8 Å². The van der Waals surface area contributed by atoms with Crippen LogP contribution in [0, 0.1) is 11.8 Å². The van der Waals surface area contributed by atoms with Crippen molar-refractivity contribution in [3.05, 3.63) is 41.4 Å². The van der Waals surface area contributed by atoms with Gasteiger partial charge in [0.15, 0.2) is 0 Å². The van der Waals surface area contributed by atoms with Crippen LogP contribution in [0.3, 0.4) is 0 Å². The summed E-state index contributed by atoms with van der Waals surface area (Å²) in [5, 5.41) is 12.4. The average molecular weight is 280 g/mol. The van der Waals surface area contributed by atoms with Crippen molar-refractivity contribution >= 4 is 29.2 Å². The van der Waals surface area contributed by atoms with Crippen molar-refractivity contribution < 1.29 is 14.7 Å². The first kappa shape index (κ1) is 13.6. The Morgan fingerprint density at radius 1 is 1.11 bits per heavy atom. The van der Waals surface area contributed by atoms with Crippen LogP contribution in [0.1, 0.15) is 12.8 Å². The summed E-state index contributed by atoms with van der Waals surface area (Å²) in [7, 11) is 0. The maximum atomic E-state index is 12.1. The van der Waals surface area contributed by atoms with Crippen molar-refractivity contribution in [3.63, 3.8) is 0 Å². The second-order valence-corrected chi connectivity index (χ2v) is 4.93. The molecule has 5 heteroatoms. The number of anilines is 1. The lowest BCUT2D eigenvalue weighted by atomic mass is 9.82. The quantitative estimate of drug-likeness (QED) is 0.836. The number of halogens is 1. The van der Waals surface area contributed by atoms with Crippen molar-refractivity contribution in [2.24, 2.45) is 11.8 Å². The van der Waals surface area contributed by atoms with Crippen molar-refractivity contribution in [3.8, 4) is 0 Å². The van der Waals surface area contributed by atoms with Crippen LogP contribution in [0.5, 0.6) is 0 Å². The first-order chi connectivity index (χ1) is 9.08. The van der Waals surface area contributed by atoms with Gasteiger partial charge in [0, 0.05) is 10.7 Å². The highest BCUT2D eigenvalue weighted by molar-refractivity contribution is 6.30. The van der Waals surface area contributed by atoms with Crippen LogP contribution in [0.15, 0.2) is 36.4 Å². The Morgan fingerprint density at radius 3 is 2.26 bits per heavy atom. The molecular formula is C14H14ClNO3. The van der Waals surface area contributed by atoms with Crippen LogP contribution in [0.25, 0.3) is 0 Å². The lowest BCUT2D eigenvalue weighted by molar-refractivity contribution is -0.146. The molecular weight excluding hydrogens is 266 g/mol. The van der Waals surface area contributed by atoms with Gasteiger partial charge in [0.1, 0.15) is 0 Å². The summed E-state index contributed by atoms with van der Waals surface area (Å²) in [5.41, 5.74) is 0.619. The number of carbonyl (C=O) groups is 2. The molecule has 0 aromatic heterocycles. The third kappa shape index (κ3) is 3.35. The summed E-state index contributed by atoms with van der Waals surface area (Å²) in [5.74, 6) is -2.38. The number of rotatable bonds is 3. The molecule has 1 aromatic carbocycles. The Bertz CT molecular complexity index is 510. The van der Waals surface area contributed by atoms with Crippen LogP contribution < -0.4 is 5.32 Å². The highest BCUT2D eigenvalue weighted by Gasteiger charge is 2.33. The minimum Gasteiger partial charge on any atom is -0.481 e. The lowest BCUT2D eigenvalue weighted by Gasteiger charge is -2.24. The Hall–Kier alpha value is -1.81. The zero-order chi connectivity index (χ0) is 13.8. The highest BCUT2D eigenvalue weighted by Crippen LogP contribution is 2.27. The topological polar surface area (TPSA) is 66.4 Å². The number of hydrogen-bond donors (Lipinski definition) is 2. The second-order valence-electron chi connectivity index (χ2n) is 4.49. The highest BCUT2D eigenvalue weighted by atomic mass is 35.5. The molecule has 1 aliphatic rings. The van der Waals surface area contributed by atoms with E-state index in [2.05, 4.69) is 5.32 Å². The molecule has 1 amide bonds. The van der Waals surface area contributed by atoms with Gasteiger partial charge in [-0.25, -0.2) is 0 Å². The normalized spacial score (nSPS) is 21.9. The van der Waals surface area contributed by atoms with Gasteiger partial charge < -0.3 is 10.4 Å². The lowest BCUT2D eigenvalue weighted by Crippen LogP contribution is -2.34. The monoisotopic (exact) mass is 279 g/mol. The number of carboxylic acid groups (broad SMARTS) is 1. The number of aliphatic carboxylic acids is 1. The molecule has 1 aromatic rings. The van der Waals surface area contributed by atoms with Gasteiger partial charge >= 0.3 is 5.97 Å². The van der Waals surface area contributed by atoms with Crippen molar-refractivity contribution in [1.82, 2.24) is 0 Å². The Morgan fingerprint density at radius 2 is 1.68 bits per heavy atom. The fourth-order valence-corrected chi connectivity index (χ4v) is 2.27. The van der Waals surface area contributed by atoms with Gasteiger partial charge in [-0.3, -0.25) is 9.59 Å². The van der Waals surface area contributed by atoms with Crippen LogP contribution in [0.4, 0.5) is 5.69 Å². The Kier molecular flexibility index (Phi) is 4.22. The van der Waals surface area contributed by atoms with Crippen LogP contribution in [-0.2, 0) is 9.59 Å². The maximum Gasteiger partial charge on any atom is 0.307 e. The van der Waals surface area contributed by atoms with E-state index in [1.807, 2.05) is 12.2 Å². The van der Waals surface area contributed by atoms with E-state index in [1.54, 1.807) is 24.3 Å². The van der Waals surface area contributed by atoms with E-state index in [0.29, 0.717) is 23.6 Å². The van der Waals surface area contributed by atoms with E-state index in [0.717, 1.165) is 0 Å². The minimum absolute atomic E-state index is 0.265. The minimum atomic E-state index is -0.930. The van der Waals surface area contributed by atoms with Gasteiger partial charge in [0.2, 0.25) is 5.91 Å². The van der Waals surface area contributed by atoms with E-state index in [4.69, 9.17) is 16.7 Å². The van der Waals surface area contributed by atoms with Gasteiger partial charge in [-0.2, -0.15) is 0 Å². The van der Waals surface area contributed by atoms with Crippen LogP contribution >= 0.6 is 11.6 Å². The smallest absolute Gasteiger partial charge is 0.307 e. The molecule has 0 aliphatic heterocycles. The van der Waals surface area contributed by atoms with Gasteiger partial charge in [-0.15, -0.1) is 0 Å². The zero-order valence-electron chi connectivity index (χ0n) is 10.2. The predicted molar refractivity (Wildman–Crippen MR) is 73.1 cm³/mol. The van der Waals surface area contributed by atoms with E-state index in [1.165, 1.54) is 0 Å². The van der Waals surface area contributed by atoms with Gasteiger partial charge in [-0.05, 0) is 37.1 Å². The summed E-state index contributed by atoms with van der Waals surface area (Å²) in [4.78, 5) is 23.3. The van der Waals surface area contributed by atoms with Crippen molar-refractivity contribution in [2.45, 2.75) is 12.8 Å². The fraction of sp³-hybridized carbons (Fsp3) is 0.286. The molecule has 0 spiro atoms. The predicted octanol–water partition coefficient (Wildman–Crippen LogP) is 2.95. The molecule has 4 nitrogen and oxygen atoms in total. The molecule has 2 atom stereocenters. The summed E-state index contributed by atoms with van der Waals surface area (Å²) in [6.07, 6.45) is 4.51. The average Bonchev–Trinajstić information content (AvgIpc) is 2.41. The number of nitrogens with one attached hydrogen (secondary N) is 1. The third-order valence-electron chi connectivity index (χ3n) is 3.20. The second kappa shape index (κ2) is 5.89. The molecule has 2 N–H and O–H groups in total. The molecule has 0 saturated heterocycles. The number of hydrogen-bond acceptors (Lipinski definition) is 2. The van der Waals surface area contributed by atoms with E-state index in [-0.39, 0.29) is 5.91 Å². The number of amides is 1.